The number of methoxy groups -OCH3 is 2. The summed E-state index contributed by atoms with van der Waals surface area (Å²) in [5, 5.41) is 6.26. The van der Waals surface area contributed by atoms with Crippen LogP contribution in [0.25, 0.3) is 0 Å². The number of pyridine rings is 1. The fraction of sp³-hybridized carbons (Fsp3) is 0.346. The minimum atomic E-state index is -0.562. The van der Waals surface area contributed by atoms with Crippen molar-refractivity contribution >= 4 is 17.5 Å². The number of hydrogen-bond acceptors (Lipinski definition) is 6. The van der Waals surface area contributed by atoms with Gasteiger partial charge in [-0.2, -0.15) is 0 Å². The minimum Gasteiger partial charge on any atom is -0.497 e. The molecule has 0 spiro atoms. The second-order valence-corrected chi connectivity index (χ2v) is 8.71. The third-order valence-electron chi connectivity index (χ3n) is 6.18. The van der Waals surface area contributed by atoms with Crippen molar-refractivity contribution in [2.45, 2.75) is 39.5 Å². The highest BCUT2D eigenvalue weighted by molar-refractivity contribution is 6.09. The molecule has 0 fully saturated rings. The molecule has 172 valence electrons. The van der Waals surface area contributed by atoms with E-state index in [4.69, 9.17) is 9.47 Å². The first kappa shape index (κ1) is 22.6. The van der Waals surface area contributed by atoms with Gasteiger partial charge in [-0.15, -0.1) is 0 Å². The largest absolute Gasteiger partial charge is 0.497 e. The van der Waals surface area contributed by atoms with Crippen LogP contribution in [0, 0.1) is 12.8 Å². The number of nitrogens with one attached hydrogen (secondary N) is 2. The quantitative estimate of drug-likeness (QED) is 0.712. The van der Waals surface area contributed by atoms with E-state index in [0.717, 1.165) is 23.2 Å². The van der Waals surface area contributed by atoms with Crippen LogP contribution in [-0.2, 0) is 9.59 Å². The summed E-state index contributed by atoms with van der Waals surface area (Å²) in [5.41, 5.74) is 4.44. The first-order valence-electron chi connectivity index (χ1n) is 11.0. The smallest absolute Gasteiger partial charge is 0.255 e. The molecule has 2 heterocycles. The maximum absolute atomic E-state index is 13.6. The van der Waals surface area contributed by atoms with Crippen molar-refractivity contribution in [1.82, 2.24) is 10.3 Å². The Hall–Kier alpha value is -3.61. The number of nitrogens with zero attached hydrogens (tertiary/aromatic N) is 1. The van der Waals surface area contributed by atoms with Crippen LogP contribution in [0.4, 0.5) is 5.82 Å². The normalized spacial score (nSPS) is 20.2. The number of aryl methyl sites for hydroxylation is 1. The Morgan fingerprint density at radius 3 is 2.58 bits per heavy atom. The van der Waals surface area contributed by atoms with Crippen LogP contribution in [0.5, 0.6) is 11.5 Å². The Kier molecular flexibility index (Phi) is 6.22. The molecule has 1 amide bonds. The lowest BCUT2D eigenvalue weighted by Crippen LogP contribution is -2.37. The number of ether oxygens (including phenoxy) is 2. The van der Waals surface area contributed by atoms with E-state index in [1.54, 1.807) is 32.5 Å². The van der Waals surface area contributed by atoms with Crippen LogP contribution in [0.1, 0.15) is 43.7 Å². The van der Waals surface area contributed by atoms with Gasteiger partial charge in [0.25, 0.3) is 5.91 Å². The fourth-order valence-electron chi connectivity index (χ4n) is 4.63. The van der Waals surface area contributed by atoms with Gasteiger partial charge in [-0.05, 0) is 43.9 Å². The van der Waals surface area contributed by atoms with E-state index in [2.05, 4.69) is 22.5 Å². The van der Waals surface area contributed by atoms with Gasteiger partial charge >= 0.3 is 0 Å². The van der Waals surface area contributed by atoms with Gasteiger partial charge < -0.3 is 20.1 Å². The highest BCUT2D eigenvalue weighted by atomic mass is 16.5. The van der Waals surface area contributed by atoms with E-state index >= 15 is 0 Å². The summed E-state index contributed by atoms with van der Waals surface area (Å²) in [5.74, 6) is 1.07. The third-order valence-corrected chi connectivity index (χ3v) is 6.18. The number of aromatic nitrogens is 1. The summed E-state index contributed by atoms with van der Waals surface area (Å²) in [6.07, 6.45) is 2.90. The maximum Gasteiger partial charge on any atom is 0.255 e. The number of carbonyl (C=O) groups excluding carboxylic acids is 2. The summed E-state index contributed by atoms with van der Waals surface area (Å²) in [6.45, 7) is 5.87. The molecule has 2 aromatic rings. The average molecular weight is 448 g/mol. The first-order chi connectivity index (χ1) is 15.8. The second-order valence-electron chi connectivity index (χ2n) is 8.71. The zero-order valence-electron chi connectivity index (χ0n) is 19.6. The van der Waals surface area contributed by atoms with E-state index in [-0.39, 0.29) is 17.6 Å². The molecule has 1 aromatic heterocycles. The van der Waals surface area contributed by atoms with E-state index in [0.29, 0.717) is 40.6 Å². The van der Waals surface area contributed by atoms with Crippen molar-refractivity contribution in [2.75, 3.05) is 19.5 Å². The van der Waals surface area contributed by atoms with Crippen molar-refractivity contribution in [2.24, 2.45) is 5.92 Å². The van der Waals surface area contributed by atoms with E-state index in [1.807, 2.05) is 32.0 Å². The lowest BCUT2D eigenvalue weighted by Gasteiger charge is -2.36. The lowest BCUT2D eigenvalue weighted by atomic mass is 9.73. The van der Waals surface area contributed by atoms with Gasteiger partial charge in [0.1, 0.15) is 17.3 Å². The van der Waals surface area contributed by atoms with Crippen LogP contribution < -0.4 is 20.1 Å². The van der Waals surface area contributed by atoms with E-state index in [1.165, 1.54) is 0 Å². The van der Waals surface area contributed by atoms with Crippen molar-refractivity contribution in [3.63, 3.8) is 0 Å². The molecule has 0 saturated heterocycles. The van der Waals surface area contributed by atoms with E-state index < -0.39 is 5.92 Å². The minimum absolute atomic E-state index is 0.0467. The zero-order valence-corrected chi connectivity index (χ0v) is 19.6. The average Bonchev–Trinajstić information content (AvgIpc) is 2.78. The van der Waals surface area contributed by atoms with Gasteiger partial charge in [-0.3, -0.25) is 9.59 Å². The molecule has 4 rings (SSSR count). The lowest BCUT2D eigenvalue weighted by molar-refractivity contribution is -0.117. The molecule has 7 nitrogen and oxygen atoms in total. The summed E-state index contributed by atoms with van der Waals surface area (Å²) in [7, 11) is 3.16. The van der Waals surface area contributed by atoms with Gasteiger partial charge in [0.05, 0.1) is 20.1 Å². The zero-order chi connectivity index (χ0) is 23.7. The monoisotopic (exact) mass is 447 g/mol. The highest BCUT2D eigenvalue weighted by Gasteiger charge is 2.41. The molecule has 2 atom stereocenters. The Morgan fingerprint density at radius 2 is 1.91 bits per heavy atom. The van der Waals surface area contributed by atoms with Gasteiger partial charge in [0.15, 0.2) is 5.78 Å². The standard InChI is InChI=1S/C26H29N3O4/c1-14-6-9-22(27-13-14)29-26(31)23-16(3)28-19-10-15(2)11-20(30)25(19)24(23)18-8-7-17(32-4)12-21(18)33-5/h6-9,12-13,15,24,28H,10-11H2,1-5H3,(H,27,29,31)/t15-,24+/m0/s1. The molecule has 1 aliphatic carbocycles. The summed E-state index contributed by atoms with van der Waals surface area (Å²) >= 11 is 0. The van der Waals surface area contributed by atoms with Gasteiger partial charge in [0.2, 0.25) is 0 Å². The second kappa shape index (κ2) is 9.10. The van der Waals surface area contributed by atoms with Crippen molar-refractivity contribution in [3.05, 3.63) is 70.2 Å². The number of benzene rings is 1. The third kappa shape index (κ3) is 4.35. The van der Waals surface area contributed by atoms with E-state index in [9.17, 15) is 9.59 Å². The Bertz CT molecular complexity index is 1160. The number of rotatable bonds is 5. The molecule has 2 aliphatic rings. The van der Waals surface area contributed by atoms with Crippen molar-refractivity contribution in [3.8, 4) is 11.5 Å². The van der Waals surface area contributed by atoms with Crippen LogP contribution in [0.2, 0.25) is 0 Å². The predicted molar refractivity (Wildman–Crippen MR) is 126 cm³/mol. The fourth-order valence-corrected chi connectivity index (χ4v) is 4.63. The number of Topliss-reactive ketones (excluding diaryl/α,β-unsaturated/α-hetero) is 1. The number of anilines is 1. The van der Waals surface area contributed by atoms with Gasteiger partial charge in [-0.25, -0.2) is 4.98 Å². The van der Waals surface area contributed by atoms with Crippen molar-refractivity contribution < 1.29 is 19.1 Å². The molecule has 0 radical (unpaired) electrons. The molecule has 33 heavy (non-hydrogen) atoms. The Morgan fingerprint density at radius 1 is 1.12 bits per heavy atom. The van der Waals surface area contributed by atoms with Gasteiger partial charge in [0, 0.05) is 46.8 Å². The number of ketones is 1. The predicted octanol–water partition coefficient (Wildman–Crippen LogP) is 4.26. The molecule has 0 unspecified atom stereocenters. The Labute approximate surface area is 193 Å². The number of amides is 1. The Balaban J connectivity index is 1.84. The van der Waals surface area contributed by atoms with Crippen LogP contribution in [0.3, 0.4) is 0 Å². The summed E-state index contributed by atoms with van der Waals surface area (Å²) < 4.78 is 11.0. The summed E-state index contributed by atoms with van der Waals surface area (Å²) in [6, 6.07) is 9.12. The molecule has 1 aliphatic heterocycles. The molecule has 0 saturated carbocycles. The SMILES string of the molecule is COc1ccc([C@@H]2C(C(=O)Nc3ccc(C)cn3)=C(C)NC3=C2C(=O)C[C@@H](C)C3)c(OC)c1. The van der Waals surface area contributed by atoms with Crippen molar-refractivity contribution in [1.29, 1.82) is 0 Å². The van der Waals surface area contributed by atoms with Gasteiger partial charge in [-0.1, -0.05) is 19.1 Å². The van der Waals surface area contributed by atoms with Crippen LogP contribution in [-0.4, -0.2) is 30.9 Å². The molecular formula is C26H29N3O4. The number of carbonyl (C=O) groups is 2. The topological polar surface area (TPSA) is 89.5 Å². The first-order valence-corrected chi connectivity index (χ1v) is 11.0. The van der Waals surface area contributed by atoms with Crippen LogP contribution >= 0.6 is 0 Å². The molecule has 1 aromatic carbocycles. The number of hydrogen-bond donors (Lipinski definition) is 2. The molecule has 7 heteroatoms. The highest BCUT2D eigenvalue weighted by Crippen LogP contribution is 2.46. The molecular weight excluding hydrogens is 418 g/mol. The molecule has 2 N–H and O–H groups in total. The summed E-state index contributed by atoms with van der Waals surface area (Å²) in [4.78, 5) is 31.2. The molecule has 0 bridgehead atoms. The number of allylic oxidation sites excluding steroid dienone is 3. The maximum atomic E-state index is 13.6. The van der Waals surface area contributed by atoms with Crippen LogP contribution in [0.15, 0.2) is 59.1 Å². The number of dihydropyridines is 1.